The molecule has 0 unspecified atom stereocenters. The average molecular weight is 480 g/mol. The summed E-state index contributed by atoms with van der Waals surface area (Å²) in [5, 5.41) is 16.6. The molecule has 2 rings (SSSR count). The zero-order valence-electron chi connectivity index (χ0n) is 16.9. The van der Waals surface area contributed by atoms with Crippen LogP contribution in [0.25, 0.3) is 0 Å². The van der Waals surface area contributed by atoms with Gasteiger partial charge in [-0.3, -0.25) is 4.99 Å². The second-order valence-corrected chi connectivity index (χ2v) is 7.84. The Morgan fingerprint density at radius 1 is 1.08 bits per heavy atom. The largest absolute Gasteiger partial charge is 0.393 e. The molecule has 2 aliphatic rings. The van der Waals surface area contributed by atoms with E-state index < -0.39 is 0 Å². The maximum Gasteiger partial charge on any atom is 0.191 e. The number of aliphatic imine (C=N–C) groups is 1. The van der Waals surface area contributed by atoms with E-state index in [9.17, 15) is 5.11 Å². The molecule has 0 aromatic carbocycles. The second-order valence-electron chi connectivity index (χ2n) is 7.84. The van der Waals surface area contributed by atoms with Crippen molar-refractivity contribution in [1.82, 2.24) is 15.5 Å². The van der Waals surface area contributed by atoms with Gasteiger partial charge in [-0.1, -0.05) is 19.8 Å². The van der Waals surface area contributed by atoms with Crippen LogP contribution in [-0.4, -0.2) is 60.8 Å². The van der Waals surface area contributed by atoms with E-state index in [0.717, 1.165) is 63.9 Å². The summed E-state index contributed by atoms with van der Waals surface area (Å²) in [7, 11) is 0. The van der Waals surface area contributed by atoms with E-state index in [-0.39, 0.29) is 30.1 Å². The summed E-state index contributed by atoms with van der Waals surface area (Å²) < 4.78 is 0. The first-order chi connectivity index (χ1) is 12.2. The van der Waals surface area contributed by atoms with Crippen LogP contribution in [0, 0.1) is 5.92 Å². The van der Waals surface area contributed by atoms with Crippen LogP contribution in [-0.2, 0) is 0 Å². The fraction of sp³-hybridized carbons (Fsp3) is 0.950. The molecule has 1 heterocycles. The number of aliphatic hydroxyl groups excluding tert-OH is 1. The highest BCUT2D eigenvalue weighted by Crippen LogP contribution is 2.27. The van der Waals surface area contributed by atoms with E-state index in [1.807, 2.05) is 0 Å². The van der Waals surface area contributed by atoms with Gasteiger partial charge in [0.15, 0.2) is 5.96 Å². The highest BCUT2D eigenvalue weighted by Gasteiger charge is 2.21. The van der Waals surface area contributed by atoms with Gasteiger partial charge in [-0.25, -0.2) is 0 Å². The molecule has 0 spiro atoms. The number of piperidine rings is 1. The molecular formula is C20H41IN4O. The zero-order chi connectivity index (χ0) is 17.9. The van der Waals surface area contributed by atoms with E-state index in [0.29, 0.717) is 6.04 Å². The Bertz CT molecular complexity index is 378. The highest BCUT2D eigenvalue weighted by atomic mass is 127. The Morgan fingerprint density at radius 2 is 1.77 bits per heavy atom. The molecule has 3 N–H and O–H groups in total. The van der Waals surface area contributed by atoms with Crippen LogP contribution >= 0.6 is 24.0 Å². The molecule has 26 heavy (non-hydrogen) atoms. The molecule has 1 aliphatic heterocycles. The van der Waals surface area contributed by atoms with E-state index >= 15 is 0 Å². The molecule has 0 amide bonds. The summed E-state index contributed by atoms with van der Waals surface area (Å²) in [4.78, 5) is 7.24. The molecule has 0 aromatic heterocycles. The number of hydrogen-bond donors (Lipinski definition) is 3. The minimum atomic E-state index is -0.0776. The molecule has 5 nitrogen and oxygen atoms in total. The molecule has 154 valence electrons. The van der Waals surface area contributed by atoms with Crippen molar-refractivity contribution < 1.29 is 5.11 Å². The van der Waals surface area contributed by atoms with E-state index in [4.69, 9.17) is 4.99 Å². The Balaban J connectivity index is 0.00000338. The normalized spacial score (nSPS) is 25.6. The molecule has 0 radical (unpaired) electrons. The maximum absolute atomic E-state index is 9.57. The molecule has 1 aliphatic carbocycles. The summed E-state index contributed by atoms with van der Waals surface area (Å²) >= 11 is 0. The van der Waals surface area contributed by atoms with Crippen molar-refractivity contribution in [2.45, 2.75) is 83.8 Å². The van der Waals surface area contributed by atoms with Gasteiger partial charge in [0.05, 0.1) is 6.10 Å². The average Bonchev–Trinajstić information content (AvgIpc) is 2.62. The van der Waals surface area contributed by atoms with Gasteiger partial charge in [-0.15, -0.1) is 24.0 Å². The number of rotatable bonds is 8. The van der Waals surface area contributed by atoms with Crippen LogP contribution in [0.2, 0.25) is 0 Å². The predicted octanol–water partition coefficient (Wildman–Crippen LogP) is 3.37. The van der Waals surface area contributed by atoms with Gasteiger partial charge in [0.1, 0.15) is 0 Å². The van der Waals surface area contributed by atoms with Crippen molar-refractivity contribution in [3.8, 4) is 0 Å². The number of halogens is 1. The van der Waals surface area contributed by atoms with Crippen molar-refractivity contribution in [1.29, 1.82) is 0 Å². The highest BCUT2D eigenvalue weighted by molar-refractivity contribution is 14.0. The van der Waals surface area contributed by atoms with E-state index in [1.54, 1.807) is 0 Å². The Morgan fingerprint density at radius 3 is 2.38 bits per heavy atom. The Labute approximate surface area is 177 Å². The van der Waals surface area contributed by atoms with Gasteiger partial charge >= 0.3 is 0 Å². The van der Waals surface area contributed by atoms with Gasteiger partial charge in [-0.05, 0) is 64.3 Å². The van der Waals surface area contributed by atoms with Crippen molar-refractivity contribution in [2.75, 3.05) is 32.7 Å². The Hall–Kier alpha value is -0.0800. The summed E-state index contributed by atoms with van der Waals surface area (Å²) in [6.07, 6.45) is 10.9. The van der Waals surface area contributed by atoms with Crippen LogP contribution in [0.1, 0.15) is 71.6 Å². The lowest BCUT2D eigenvalue weighted by molar-refractivity contribution is 0.0824. The predicted molar refractivity (Wildman–Crippen MR) is 121 cm³/mol. The third-order valence-electron chi connectivity index (χ3n) is 5.69. The standard InChI is InChI=1S/C20H40N4O.HI/c1-3-6-17-7-9-18(10-8-17)23-20(21-4-2)22-13-5-14-24-15-11-19(25)12-16-24;/h17-19,25H,3-16H2,1-2H3,(H2,21,22,23);1H. The lowest BCUT2D eigenvalue weighted by atomic mass is 9.83. The van der Waals surface area contributed by atoms with Crippen molar-refractivity contribution in [3.63, 3.8) is 0 Å². The van der Waals surface area contributed by atoms with Gasteiger partial charge < -0.3 is 20.6 Å². The van der Waals surface area contributed by atoms with Gasteiger partial charge in [-0.2, -0.15) is 0 Å². The van der Waals surface area contributed by atoms with E-state index in [2.05, 4.69) is 29.4 Å². The molecule has 0 bridgehead atoms. The third-order valence-corrected chi connectivity index (χ3v) is 5.69. The van der Waals surface area contributed by atoms with Crippen molar-refractivity contribution in [2.24, 2.45) is 10.9 Å². The smallest absolute Gasteiger partial charge is 0.191 e. The first-order valence-electron chi connectivity index (χ1n) is 10.7. The molecule has 1 saturated carbocycles. The fourth-order valence-electron chi connectivity index (χ4n) is 4.15. The number of hydrogen-bond acceptors (Lipinski definition) is 3. The van der Waals surface area contributed by atoms with Crippen LogP contribution in [0.15, 0.2) is 4.99 Å². The van der Waals surface area contributed by atoms with Crippen LogP contribution in [0.5, 0.6) is 0 Å². The molecule has 6 heteroatoms. The molecular weight excluding hydrogens is 439 g/mol. The van der Waals surface area contributed by atoms with Gasteiger partial charge in [0.25, 0.3) is 0 Å². The minimum absolute atomic E-state index is 0. The third kappa shape index (κ3) is 9.22. The zero-order valence-corrected chi connectivity index (χ0v) is 19.2. The van der Waals surface area contributed by atoms with E-state index in [1.165, 1.54) is 38.5 Å². The minimum Gasteiger partial charge on any atom is -0.393 e. The summed E-state index contributed by atoms with van der Waals surface area (Å²) in [6.45, 7) is 9.38. The SMILES string of the molecule is CCCC1CCC(NC(=NCCCN2CCC(O)CC2)NCC)CC1.I. The number of nitrogens with one attached hydrogen (secondary N) is 2. The number of nitrogens with zero attached hydrogens (tertiary/aromatic N) is 2. The van der Waals surface area contributed by atoms with Crippen molar-refractivity contribution >= 4 is 29.9 Å². The molecule has 2 fully saturated rings. The summed E-state index contributed by atoms with van der Waals surface area (Å²) in [5.41, 5.74) is 0. The molecule has 0 atom stereocenters. The summed E-state index contributed by atoms with van der Waals surface area (Å²) in [5.74, 6) is 1.95. The molecule has 1 saturated heterocycles. The quantitative estimate of drug-likeness (QED) is 0.216. The van der Waals surface area contributed by atoms with Crippen LogP contribution in [0.4, 0.5) is 0 Å². The number of aliphatic hydroxyl groups is 1. The first kappa shape index (κ1) is 24.0. The molecule has 0 aromatic rings. The number of likely N-dealkylation sites (tertiary alicyclic amines) is 1. The topological polar surface area (TPSA) is 59.9 Å². The lowest BCUT2D eigenvalue weighted by Gasteiger charge is -2.30. The lowest BCUT2D eigenvalue weighted by Crippen LogP contribution is -2.45. The monoisotopic (exact) mass is 480 g/mol. The summed E-state index contributed by atoms with van der Waals surface area (Å²) in [6, 6.07) is 0.592. The van der Waals surface area contributed by atoms with Crippen molar-refractivity contribution in [3.05, 3.63) is 0 Å². The fourth-order valence-corrected chi connectivity index (χ4v) is 4.15. The van der Waals surface area contributed by atoms with Crippen LogP contribution in [0.3, 0.4) is 0 Å². The Kier molecular flexibility index (Phi) is 12.9. The first-order valence-corrected chi connectivity index (χ1v) is 10.7. The second kappa shape index (κ2) is 14.0. The maximum atomic E-state index is 9.57. The van der Waals surface area contributed by atoms with Gasteiger partial charge in [0.2, 0.25) is 0 Å². The number of guanidine groups is 1. The van der Waals surface area contributed by atoms with Crippen LogP contribution < -0.4 is 10.6 Å². The van der Waals surface area contributed by atoms with Gasteiger partial charge in [0, 0.05) is 32.2 Å².